The van der Waals surface area contributed by atoms with Crippen LogP contribution in [0.3, 0.4) is 0 Å². The topological polar surface area (TPSA) is 179 Å². The molecule has 2 amide bonds. The van der Waals surface area contributed by atoms with Crippen LogP contribution in [0, 0.1) is 0 Å². The van der Waals surface area contributed by atoms with Gasteiger partial charge in [0.2, 0.25) is 11.8 Å². The van der Waals surface area contributed by atoms with E-state index in [-0.39, 0.29) is 36.3 Å². The molecule has 0 aliphatic carbocycles. The zero-order chi connectivity index (χ0) is 23.7. The molecule has 0 saturated heterocycles. The van der Waals surface area contributed by atoms with Crippen molar-refractivity contribution in [1.29, 1.82) is 0 Å². The maximum Gasteiger partial charge on any atom is 0.303 e. The van der Waals surface area contributed by atoms with E-state index in [0.717, 1.165) is 0 Å². The fourth-order valence-corrected chi connectivity index (χ4v) is 3.50. The molecule has 0 fully saturated rings. The molecule has 170 valence electrons. The first-order valence-corrected chi connectivity index (χ1v) is 10.8. The average molecular weight is 463 g/mol. The predicted molar refractivity (Wildman–Crippen MR) is 115 cm³/mol. The molecule has 2 aromatic carbocycles. The summed E-state index contributed by atoms with van der Waals surface area (Å²) < 4.78 is 27.4. The summed E-state index contributed by atoms with van der Waals surface area (Å²) in [4.78, 5) is 44.2. The minimum absolute atomic E-state index is 0.0629. The van der Waals surface area contributed by atoms with Crippen LogP contribution in [0.15, 0.2) is 53.4 Å². The monoisotopic (exact) mass is 463 g/mol. The van der Waals surface area contributed by atoms with Crippen molar-refractivity contribution in [1.82, 2.24) is 0 Å². The lowest BCUT2D eigenvalue weighted by Crippen LogP contribution is -2.15. The second-order valence-corrected chi connectivity index (χ2v) is 8.27. The van der Waals surface area contributed by atoms with E-state index in [1.807, 2.05) is 0 Å². The molecule has 0 spiro atoms. The Morgan fingerprint density at radius 2 is 1.00 bits per heavy atom. The second kappa shape index (κ2) is 10.9. The molecule has 0 unspecified atom stereocenters. The van der Waals surface area contributed by atoms with Gasteiger partial charge in [0.05, 0.1) is 17.7 Å². The van der Waals surface area contributed by atoms with E-state index < -0.39 is 33.8 Å². The molecule has 2 aromatic rings. The Hall–Kier alpha value is -3.93. The largest absolute Gasteiger partial charge is 0.481 e. The van der Waals surface area contributed by atoms with Crippen molar-refractivity contribution in [3.8, 4) is 0 Å². The summed E-state index contributed by atoms with van der Waals surface area (Å²) >= 11 is 0. The lowest BCUT2D eigenvalue weighted by Gasteiger charge is -2.10. The Morgan fingerprint density at radius 3 is 1.41 bits per heavy atom. The first-order chi connectivity index (χ1) is 15.0. The van der Waals surface area contributed by atoms with E-state index in [2.05, 4.69) is 15.4 Å². The molecule has 0 bridgehead atoms. The summed E-state index contributed by atoms with van der Waals surface area (Å²) in [6, 6.07) is 11.1. The van der Waals surface area contributed by atoms with Crippen molar-refractivity contribution < 1.29 is 37.8 Å². The molecular formula is C20H21N3O8S. The highest BCUT2D eigenvalue weighted by molar-refractivity contribution is 7.92. The third-order valence-corrected chi connectivity index (χ3v) is 5.40. The highest BCUT2D eigenvalue weighted by Gasteiger charge is 2.15. The van der Waals surface area contributed by atoms with Gasteiger partial charge in [0.15, 0.2) is 0 Å². The number of carboxylic acids is 2. The Labute approximate surface area is 183 Å². The average Bonchev–Trinajstić information content (AvgIpc) is 2.72. The van der Waals surface area contributed by atoms with Gasteiger partial charge in [-0.25, -0.2) is 8.42 Å². The molecule has 0 aliphatic rings. The molecular weight excluding hydrogens is 442 g/mol. The van der Waals surface area contributed by atoms with Gasteiger partial charge in [-0.3, -0.25) is 23.9 Å². The van der Waals surface area contributed by atoms with Gasteiger partial charge in [0.25, 0.3) is 10.0 Å². The predicted octanol–water partition coefficient (Wildman–Crippen LogP) is 2.09. The van der Waals surface area contributed by atoms with Crippen LogP contribution in [-0.2, 0) is 29.2 Å². The first kappa shape index (κ1) is 24.3. The van der Waals surface area contributed by atoms with Crippen LogP contribution < -0.4 is 15.4 Å². The van der Waals surface area contributed by atoms with Gasteiger partial charge >= 0.3 is 11.9 Å². The molecule has 0 atom stereocenters. The van der Waals surface area contributed by atoms with Crippen LogP contribution in [0.1, 0.15) is 25.7 Å². The van der Waals surface area contributed by atoms with E-state index >= 15 is 0 Å². The van der Waals surface area contributed by atoms with Gasteiger partial charge in [-0.15, -0.1) is 0 Å². The zero-order valence-electron chi connectivity index (χ0n) is 16.7. The van der Waals surface area contributed by atoms with Crippen LogP contribution in [0.5, 0.6) is 0 Å². The Bertz CT molecular complexity index is 1100. The number of aliphatic carboxylic acids is 2. The lowest BCUT2D eigenvalue weighted by atomic mass is 10.2. The third kappa shape index (κ3) is 8.07. The minimum atomic E-state index is -3.93. The summed E-state index contributed by atoms with van der Waals surface area (Å²) in [7, 11) is -3.93. The lowest BCUT2D eigenvalue weighted by molar-refractivity contribution is -0.138. The number of rotatable bonds is 11. The molecule has 0 aromatic heterocycles. The van der Waals surface area contributed by atoms with Gasteiger partial charge in [-0.05, 0) is 48.5 Å². The molecule has 11 nitrogen and oxygen atoms in total. The van der Waals surface area contributed by atoms with Crippen molar-refractivity contribution in [2.75, 3.05) is 15.4 Å². The van der Waals surface area contributed by atoms with Gasteiger partial charge in [0.1, 0.15) is 0 Å². The number of amides is 2. The minimum Gasteiger partial charge on any atom is -0.481 e. The molecule has 0 radical (unpaired) electrons. The van der Waals surface area contributed by atoms with Gasteiger partial charge < -0.3 is 20.8 Å². The number of carboxylic acid groups (broad SMARTS) is 2. The van der Waals surface area contributed by atoms with Crippen molar-refractivity contribution in [3.63, 3.8) is 0 Å². The van der Waals surface area contributed by atoms with Crippen molar-refractivity contribution in [2.24, 2.45) is 0 Å². The molecule has 0 saturated carbocycles. The summed E-state index contributed by atoms with van der Waals surface area (Å²) in [6.45, 7) is 0. The Morgan fingerprint density at radius 1 is 0.625 bits per heavy atom. The Balaban J connectivity index is 1.96. The van der Waals surface area contributed by atoms with Crippen molar-refractivity contribution >= 4 is 50.8 Å². The number of carbonyl (C=O) groups is 4. The number of carbonyl (C=O) groups excluding carboxylic acids is 2. The standard InChI is InChI=1S/C20H21N3O8S/c24-17(9-11-19(26)27)21-13-1-3-15(4-2-13)23-32(30,31)16-7-5-14(6-8-16)22-18(25)10-12-20(28)29/h1-8,23H,9-12H2,(H,21,24)(H,22,25)(H,26,27)(H,28,29). The fraction of sp³-hybridized carbons (Fsp3) is 0.200. The van der Waals surface area contributed by atoms with Crippen LogP contribution in [0.2, 0.25) is 0 Å². The summed E-state index contributed by atoms with van der Waals surface area (Å²) in [6.07, 6.45) is -0.992. The Kier molecular flexibility index (Phi) is 8.30. The normalized spacial score (nSPS) is 10.8. The molecule has 2 rings (SSSR count). The van der Waals surface area contributed by atoms with Crippen LogP contribution in [-0.4, -0.2) is 42.4 Å². The number of anilines is 3. The molecule has 12 heteroatoms. The third-order valence-electron chi connectivity index (χ3n) is 4.00. The van der Waals surface area contributed by atoms with Crippen LogP contribution in [0.4, 0.5) is 17.1 Å². The van der Waals surface area contributed by atoms with Gasteiger partial charge in [-0.1, -0.05) is 0 Å². The van der Waals surface area contributed by atoms with E-state index in [1.165, 1.54) is 48.5 Å². The fourth-order valence-electron chi connectivity index (χ4n) is 2.44. The molecule has 32 heavy (non-hydrogen) atoms. The number of nitrogens with one attached hydrogen (secondary N) is 3. The van der Waals surface area contributed by atoms with Crippen molar-refractivity contribution in [3.05, 3.63) is 48.5 Å². The number of hydrogen-bond donors (Lipinski definition) is 5. The second-order valence-electron chi connectivity index (χ2n) is 6.59. The summed E-state index contributed by atoms with van der Waals surface area (Å²) in [5.74, 6) is -3.16. The van der Waals surface area contributed by atoms with E-state index in [9.17, 15) is 27.6 Å². The number of benzene rings is 2. The summed E-state index contributed by atoms with van der Waals surface area (Å²) in [5.41, 5.74) is 0.938. The van der Waals surface area contributed by atoms with Gasteiger partial charge in [0, 0.05) is 29.9 Å². The summed E-state index contributed by atoms with van der Waals surface area (Å²) in [5, 5.41) is 22.1. The van der Waals surface area contributed by atoms with E-state index in [4.69, 9.17) is 10.2 Å². The highest BCUT2D eigenvalue weighted by Crippen LogP contribution is 2.20. The SMILES string of the molecule is O=C(O)CCC(=O)Nc1ccc(NS(=O)(=O)c2ccc(NC(=O)CCC(=O)O)cc2)cc1. The maximum atomic E-state index is 12.5. The first-order valence-electron chi connectivity index (χ1n) is 9.31. The maximum absolute atomic E-state index is 12.5. The van der Waals surface area contributed by atoms with Crippen LogP contribution in [0.25, 0.3) is 0 Å². The number of hydrogen-bond acceptors (Lipinski definition) is 6. The van der Waals surface area contributed by atoms with Gasteiger partial charge in [-0.2, -0.15) is 0 Å². The zero-order valence-corrected chi connectivity index (χ0v) is 17.5. The van der Waals surface area contributed by atoms with Crippen LogP contribution >= 0.6 is 0 Å². The number of sulfonamides is 1. The molecule has 0 heterocycles. The molecule has 0 aliphatic heterocycles. The smallest absolute Gasteiger partial charge is 0.303 e. The van der Waals surface area contributed by atoms with E-state index in [1.54, 1.807) is 0 Å². The van der Waals surface area contributed by atoms with E-state index in [0.29, 0.717) is 11.4 Å². The highest BCUT2D eigenvalue weighted by atomic mass is 32.2. The molecule has 5 N–H and O–H groups in total. The van der Waals surface area contributed by atoms with Crippen molar-refractivity contribution in [2.45, 2.75) is 30.6 Å². The quantitative estimate of drug-likeness (QED) is 0.336.